The van der Waals surface area contributed by atoms with Gasteiger partial charge in [-0.15, -0.1) is 0 Å². The maximum atomic E-state index is 12.0. The molecule has 0 unspecified atom stereocenters. The summed E-state index contributed by atoms with van der Waals surface area (Å²) in [5.74, 6) is 0.638. The lowest BCUT2D eigenvalue weighted by atomic mass is 10.1. The number of carbonyl (C=O) groups excluding carboxylic acids is 2. The second-order valence-corrected chi connectivity index (χ2v) is 4.98. The van der Waals surface area contributed by atoms with E-state index < -0.39 is 0 Å². The van der Waals surface area contributed by atoms with Crippen LogP contribution in [0.4, 0.5) is 0 Å². The molecule has 0 fully saturated rings. The number of halogens is 1. The van der Waals surface area contributed by atoms with E-state index in [1.54, 1.807) is 12.1 Å². The molecular formula is C14H17ClN2O4. The fourth-order valence-electron chi connectivity index (χ4n) is 1.90. The zero-order valence-corrected chi connectivity index (χ0v) is 12.5. The first-order valence-corrected chi connectivity index (χ1v) is 7.07. The highest BCUT2D eigenvalue weighted by Gasteiger charge is 2.19. The predicted molar refractivity (Wildman–Crippen MR) is 78.1 cm³/mol. The van der Waals surface area contributed by atoms with Crippen LogP contribution in [0.2, 0.25) is 5.02 Å². The number of hydrogen-bond donors (Lipinski definition) is 2. The normalized spacial score (nSPS) is 12.7. The smallest absolute Gasteiger partial charge is 0.251 e. The van der Waals surface area contributed by atoms with Crippen LogP contribution in [-0.2, 0) is 4.79 Å². The molecule has 1 aromatic carbocycles. The van der Waals surface area contributed by atoms with Gasteiger partial charge >= 0.3 is 0 Å². The molecule has 1 aliphatic heterocycles. The predicted octanol–water partition coefficient (Wildman–Crippen LogP) is 1.37. The Morgan fingerprint density at radius 3 is 2.67 bits per heavy atom. The van der Waals surface area contributed by atoms with Crippen LogP contribution in [0.1, 0.15) is 23.7 Å². The Bertz CT molecular complexity index is 548. The molecule has 0 saturated carbocycles. The minimum atomic E-state index is -0.239. The standard InChI is InChI=1S/C14H17ClN2O4/c1-9(18)16-3-2-4-17-14(19)10-7-11(15)13-12(8-10)20-5-6-21-13/h7-8H,2-6H2,1H3,(H,16,18)(H,17,19). The highest BCUT2D eigenvalue weighted by molar-refractivity contribution is 6.32. The Morgan fingerprint density at radius 1 is 1.19 bits per heavy atom. The van der Waals surface area contributed by atoms with Gasteiger partial charge in [-0.05, 0) is 18.6 Å². The molecule has 114 valence electrons. The summed E-state index contributed by atoms with van der Waals surface area (Å²) in [6.07, 6.45) is 0.656. The van der Waals surface area contributed by atoms with Gasteiger partial charge in [-0.3, -0.25) is 9.59 Å². The lowest BCUT2D eigenvalue weighted by Crippen LogP contribution is -2.29. The summed E-state index contributed by atoms with van der Waals surface area (Å²) in [6, 6.07) is 3.17. The number of rotatable bonds is 5. The maximum absolute atomic E-state index is 12.0. The molecule has 2 rings (SSSR count). The summed E-state index contributed by atoms with van der Waals surface area (Å²) >= 11 is 6.08. The summed E-state index contributed by atoms with van der Waals surface area (Å²) in [7, 11) is 0. The average Bonchev–Trinajstić information content (AvgIpc) is 2.46. The Labute approximate surface area is 127 Å². The molecule has 1 aliphatic rings. The molecule has 0 aromatic heterocycles. The van der Waals surface area contributed by atoms with Crippen molar-refractivity contribution in [3.63, 3.8) is 0 Å². The number of nitrogens with one attached hydrogen (secondary N) is 2. The van der Waals surface area contributed by atoms with Crippen molar-refractivity contribution in [3.05, 3.63) is 22.7 Å². The van der Waals surface area contributed by atoms with Crippen molar-refractivity contribution >= 4 is 23.4 Å². The lowest BCUT2D eigenvalue weighted by Gasteiger charge is -2.20. The van der Waals surface area contributed by atoms with Crippen LogP contribution in [0, 0.1) is 0 Å². The van der Waals surface area contributed by atoms with Gasteiger partial charge in [0.15, 0.2) is 11.5 Å². The first-order chi connectivity index (χ1) is 10.1. The summed E-state index contributed by atoms with van der Waals surface area (Å²) in [4.78, 5) is 22.7. The number of ether oxygens (including phenoxy) is 2. The van der Waals surface area contributed by atoms with E-state index in [0.717, 1.165) is 0 Å². The van der Waals surface area contributed by atoms with Crippen molar-refractivity contribution in [2.24, 2.45) is 0 Å². The van der Waals surface area contributed by atoms with Gasteiger partial charge in [0.1, 0.15) is 13.2 Å². The van der Waals surface area contributed by atoms with E-state index in [1.165, 1.54) is 6.92 Å². The molecule has 21 heavy (non-hydrogen) atoms. The monoisotopic (exact) mass is 312 g/mol. The second kappa shape index (κ2) is 7.17. The van der Waals surface area contributed by atoms with Gasteiger partial charge in [-0.2, -0.15) is 0 Å². The fraction of sp³-hybridized carbons (Fsp3) is 0.429. The third-order valence-electron chi connectivity index (χ3n) is 2.87. The van der Waals surface area contributed by atoms with Crippen LogP contribution in [-0.4, -0.2) is 38.1 Å². The zero-order valence-electron chi connectivity index (χ0n) is 11.7. The zero-order chi connectivity index (χ0) is 15.2. The Morgan fingerprint density at radius 2 is 1.90 bits per heavy atom. The van der Waals surface area contributed by atoms with Crippen molar-refractivity contribution in [1.82, 2.24) is 10.6 Å². The number of fused-ring (bicyclic) bond motifs is 1. The highest BCUT2D eigenvalue weighted by Crippen LogP contribution is 2.38. The van der Waals surface area contributed by atoms with Crippen LogP contribution in [0.15, 0.2) is 12.1 Å². The molecule has 2 amide bonds. The van der Waals surface area contributed by atoms with Gasteiger partial charge < -0.3 is 20.1 Å². The Balaban J connectivity index is 1.90. The van der Waals surface area contributed by atoms with E-state index in [2.05, 4.69) is 10.6 Å². The summed E-state index contributed by atoms with van der Waals surface area (Å²) in [6.45, 7) is 3.32. The molecular weight excluding hydrogens is 296 g/mol. The molecule has 0 radical (unpaired) electrons. The molecule has 0 spiro atoms. The maximum Gasteiger partial charge on any atom is 0.251 e. The molecule has 0 bridgehead atoms. The van der Waals surface area contributed by atoms with Crippen LogP contribution >= 0.6 is 11.6 Å². The largest absolute Gasteiger partial charge is 0.486 e. The third-order valence-corrected chi connectivity index (χ3v) is 3.15. The molecule has 6 nitrogen and oxygen atoms in total. The van der Waals surface area contributed by atoms with Crippen molar-refractivity contribution < 1.29 is 19.1 Å². The number of benzene rings is 1. The third kappa shape index (κ3) is 4.26. The molecule has 7 heteroatoms. The molecule has 2 N–H and O–H groups in total. The van der Waals surface area contributed by atoms with Gasteiger partial charge in [0, 0.05) is 25.6 Å². The van der Waals surface area contributed by atoms with Crippen molar-refractivity contribution in [2.45, 2.75) is 13.3 Å². The average molecular weight is 313 g/mol. The van der Waals surface area contributed by atoms with Gasteiger partial charge in [0.2, 0.25) is 5.91 Å². The topological polar surface area (TPSA) is 76.7 Å². The van der Waals surface area contributed by atoms with E-state index >= 15 is 0 Å². The summed E-state index contributed by atoms with van der Waals surface area (Å²) < 4.78 is 10.8. The fourth-order valence-corrected chi connectivity index (χ4v) is 2.16. The van der Waals surface area contributed by atoms with Gasteiger partial charge in [0.05, 0.1) is 5.02 Å². The van der Waals surface area contributed by atoms with E-state index in [1.807, 2.05) is 0 Å². The van der Waals surface area contributed by atoms with E-state index in [9.17, 15) is 9.59 Å². The molecule has 0 atom stereocenters. The Kier molecular flexibility index (Phi) is 5.27. The van der Waals surface area contributed by atoms with Crippen molar-refractivity contribution in [1.29, 1.82) is 0 Å². The lowest BCUT2D eigenvalue weighted by molar-refractivity contribution is -0.118. The van der Waals surface area contributed by atoms with Crippen molar-refractivity contribution in [3.8, 4) is 11.5 Å². The summed E-state index contributed by atoms with van der Waals surface area (Å²) in [5.41, 5.74) is 0.420. The van der Waals surface area contributed by atoms with Gasteiger partial charge in [-0.1, -0.05) is 11.6 Å². The van der Waals surface area contributed by atoms with E-state index in [-0.39, 0.29) is 11.8 Å². The Hall–Kier alpha value is -1.95. The van der Waals surface area contributed by atoms with Crippen molar-refractivity contribution in [2.75, 3.05) is 26.3 Å². The van der Waals surface area contributed by atoms with Crippen LogP contribution < -0.4 is 20.1 Å². The van der Waals surface area contributed by atoms with Gasteiger partial charge in [-0.25, -0.2) is 0 Å². The molecule has 1 aromatic rings. The summed E-state index contributed by atoms with van der Waals surface area (Å²) in [5, 5.41) is 5.78. The van der Waals surface area contributed by atoms with Crippen LogP contribution in [0.25, 0.3) is 0 Å². The second-order valence-electron chi connectivity index (χ2n) is 4.57. The number of carbonyl (C=O) groups is 2. The van der Waals surface area contributed by atoms with E-state index in [4.69, 9.17) is 21.1 Å². The van der Waals surface area contributed by atoms with Crippen LogP contribution in [0.3, 0.4) is 0 Å². The minimum Gasteiger partial charge on any atom is -0.486 e. The van der Waals surface area contributed by atoms with E-state index in [0.29, 0.717) is 54.8 Å². The molecule has 1 heterocycles. The number of amides is 2. The number of hydrogen-bond acceptors (Lipinski definition) is 4. The molecule has 0 saturated heterocycles. The SMILES string of the molecule is CC(=O)NCCCNC(=O)c1cc(Cl)c2c(c1)OCCO2. The first kappa shape index (κ1) is 15.4. The minimum absolute atomic E-state index is 0.0834. The van der Waals surface area contributed by atoms with Crippen LogP contribution in [0.5, 0.6) is 11.5 Å². The highest BCUT2D eigenvalue weighted by atomic mass is 35.5. The first-order valence-electron chi connectivity index (χ1n) is 6.69. The van der Waals surface area contributed by atoms with Gasteiger partial charge in [0.25, 0.3) is 5.91 Å². The quantitative estimate of drug-likeness (QED) is 0.805. The molecule has 0 aliphatic carbocycles.